The molecule has 0 amide bonds. The maximum Gasteiger partial charge on any atom is 0.120 e. The molecule has 0 aliphatic heterocycles. The second kappa shape index (κ2) is 6.40. The predicted molar refractivity (Wildman–Crippen MR) is 64.0 cm³/mol. The van der Waals surface area contributed by atoms with Crippen LogP contribution < -0.4 is 5.73 Å². The van der Waals surface area contributed by atoms with Gasteiger partial charge >= 0.3 is 0 Å². The van der Waals surface area contributed by atoms with E-state index in [1.165, 1.54) is 0 Å². The van der Waals surface area contributed by atoms with Crippen molar-refractivity contribution in [1.82, 2.24) is 0 Å². The van der Waals surface area contributed by atoms with Crippen molar-refractivity contribution in [2.45, 2.75) is 31.9 Å². The fraction of sp³-hybridized carbons (Fsp3) is 0.462. The SMILES string of the molecule is CC(N)(CCC=O)COCc1ccccc1. The molecule has 88 valence electrons. The molecule has 0 fully saturated rings. The Morgan fingerprint density at radius 3 is 2.69 bits per heavy atom. The van der Waals surface area contributed by atoms with E-state index in [0.717, 1.165) is 11.8 Å². The molecular weight excluding hydrogens is 202 g/mol. The van der Waals surface area contributed by atoms with Crippen LogP contribution in [0.25, 0.3) is 0 Å². The molecule has 1 rings (SSSR count). The summed E-state index contributed by atoms with van der Waals surface area (Å²) in [5.74, 6) is 0. The molecule has 0 aromatic heterocycles. The zero-order chi connectivity index (χ0) is 11.9. The Balaban J connectivity index is 2.27. The van der Waals surface area contributed by atoms with Crippen molar-refractivity contribution in [1.29, 1.82) is 0 Å². The van der Waals surface area contributed by atoms with Gasteiger partial charge in [0.2, 0.25) is 0 Å². The highest BCUT2D eigenvalue weighted by molar-refractivity contribution is 5.49. The number of hydrogen-bond donors (Lipinski definition) is 1. The molecule has 1 aromatic carbocycles. The summed E-state index contributed by atoms with van der Waals surface area (Å²) in [6.07, 6.45) is 2.04. The Morgan fingerprint density at radius 1 is 1.38 bits per heavy atom. The Labute approximate surface area is 96.6 Å². The lowest BCUT2D eigenvalue weighted by molar-refractivity contribution is -0.108. The van der Waals surface area contributed by atoms with Gasteiger partial charge in [0, 0.05) is 12.0 Å². The lowest BCUT2D eigenvalue weighted by Gasteiger charge is -2.23. The molecule has 0 radical (unpaired) electrons. The normalized spacial score (nSPS) is 14.4. The van der Waals surface area contributed by atoms with Gasteiger partial charge in [-0.05, 0) is 18.9 Å². The van der Waals surface area contributed by atoms with Gasteiger partial charge in [-0.2, -0.15) is 0 Å². The van der Waals surface area contributed by atoms with Gasteiger partial charge in [0.05, 0.1) is 13.2 Å². The Hall–Kier alpha value is -1.19. The predicted octanol–water partition coefficient (Wildman–Crippen LogP) is 1.90. The summed E-state index contributed by atoms with van der Waals surface area (Å²) in [5, 5.41) is 0. The smallest absolute Gasteiger partial charge is 0.120 e. The molecule has 1 aromatic rings. The monoisotopic (exact) mass is 221 g/mol. The molecule has 16 heavy (non-hydrogen) atoms. The van der Waals surface area contributed by atoms with Gasteiger partial charge in [-0.3, -0.25) is 0 Å². The van der Waals surface area contributed by atoms with Crippen molar-refractivity contribution >= 4 is 6.29 Å². The largest absolute Gasteiger partial charge is 0.375 e. The van der Waals surface area contributed by atoms with Crippen molar-refractivity contribution in [3.05, 3.63) is 35.9 Å². The zero-order valence-corrected chi connectivity index (χ0v) is 9.69. The molecule has 0 aliphatic carbocycles. The summed E-state index contributed by atoms with van der Waals surface area (Å²) in [4.78, 5) is 10.3. The van der Waals surface area contributed by atoms with Crippen LogP contribution in [0.2, 0.25) is 0 Å². The van der Waals surface area contributed by atoms with Gasteiger partial charge in [-0.1, -0.05) is 30.3 Å². The highest BCUT2D eigenvalue weighted by Gasteiger charge is 2.17. The third kappa shape index (κ3) is 5.05. The molecule has 3 heteroatoms. The van der Waals surface area contributed by atoms with E-state index in [4.69, 9.17) is 10.5 Å². The molecule has 0 saturated heterocycles. The van der Waals surface area contributed by atoms with Crippen LogP contribution in [0, 0.1) is 0 Å². The number of hydrogen-bond acceptors (Lipinski definition) is 3. The molecule has 0 bridgehead atoms. The van der Waals surface area contributed by atoms with Crippen LogP contribution in [0.1, 0.15) is 25.3 Å². The first-order valence-corrected chi connectivity index (χ1v) is 5.48. The Kier molecular flexibility index (Phi) is 5.15. The highest BCUT2D eigenvalue weighted by Crippen LogP contribution is 2.10. The fourth-order valence-electron chi connectivity index (χ4n) is 1.44. The van der Waals surface area contributed by atoms with Crippen LogP contribution in [0.5, 0.6) is 0 Å². The lowest BCUT2D eigenvalue weighted by atomic mass is 9.99. The van der Waals surface area contributed by atoms with Crippen molar-refractivity contribution in [3.63, 3.8) is 0 Å². The minimum absolute atomic E-state index is 0.421. The number of carbonyl (C=O) groups excluding carboxylic acids is 1. The van der Waals surface area contributed by atoms with E-state index < -0.39 is 5.54 Å². The van der Waals surface area contributed by atoms with Gasteiger partial charge < -0.3 is 15.3 Å². The minimum atomic E-state index is -0.421. The second-order valence-electron chi connectivity index (χ2n) is 4.34. The quantitative estimate of drug-likeness (QED) is 0.715. The van der Waals surface area contributed by atoms with Crippen molar-refractivity contribution in [3.8, 4) is 0 Å². The van der Waals surface area contributed by atoms with Crippen molar-refractivity contribution in [2.24, 2.45) is 5.73 Å². The van der Waals surface area contributed by atoms with E-state index in [1.807, 2.05) is 37.3 Å². The second-order valence-corrected chi connectivity index (χ2v) is 4.34. The molecule has 3 nitrogen and oxygen atoms in total. The number of ether oxygens (including phenoxy) is 1. The van der Waals surface area contributed by atoms with Gasteiger partial charge in [0.25, 0.3) is 0 Å². The summed E-state index contributed by atoms with van der Waals surface area (Å²) in [5.41, 5.74) is 6.70. The average Bonchev–Trinajstić information content (AvgIpc) is 2.28. The average molecular weight is 221 g/mol. The fourth-order valence-corrected chi connectivity index (χ4v) is 1.44. The van der Waals surface area contributed by atoms with Gasteiger partial charge in [-0.25, -0.2) is 0 Å². The number of carbonyl (C=O) groups is 1. The topological polar surface area (TPSA) is 52.3 Å². The number of benzene rings is 1. The molecule has 1 unspecified atom stereocenters. The number of aldehydes is 1. The van der Waals surface area contributed by atoms with Crippen molar-refractivity contribution < 1.29 is 9.53 Å². The molecule has 0 spiro atoms. The summed E-state index contributed by atoms with van der Waals surface area (Å²) >= 11 is 0. The zero-order valence-electron chi connectivity index (χ0n) is 9.69. The molecule has 2 N–H and O–H groups in total. The van der Waals surface area contributed by atoms with E-state index in [-0.39, 0.29) is 0 Å². The maximum absolute atomic E-state index is 10.3. The van der Waals surface area contributed by atoms with Crippen LogP contribution in [0.15, 0.2) is 30.3 Å². The van der Waals surface area contributed by atoms with Crippen molar-refractivity contribution in [2.75, 3.05) is 6.61 Å². The van der Waals surface area contributed by atoms with Crippen LogP contribution in [-0.4, -0.2) is 18.4 Å². The number of nitrogens with two attached hydrogens (primary N) is 1. The lowest BCUT2D eigenvalue weighted by Crippen LogP contribution is -2.41. The first kappa shape index (κ1) is 12.9. The summed E-state index contributed by atoms with van der Waals surface area (Å²) in [6, 6.07) is 9.96. The molecule has 0 saturated carbocycles. The summed E-state index contributed by atoms with van der Waals surface area (Å²) in [6.45, 7) is 2.94. The summed E-state index contributed by atoms with van der Waals surface area (Å²) < 4.78 is 5.54. The first-order chi connectivity index (χ1) is 7.64. The minimum Gasteiger partial charge on any atom is -0.375 e. The van der Waals surface area contributed by atoms with Crippen LogP contribution in [0.3, 0.4) is 0 Å². The van der Waals surface area contributed by atoms with Crippen LogP contribution in [0.4, 0.5) is 0 Å². The van der Waals surface area contributed by atoms with Gasteiger partial charge in [-0.15, -0.1) is 0 Å². The number of rotatable bonds is 7. The summed E-state index contributed by atoms with van der Waals surface area (Å²) in [7, 11) is 0. The standard InChI is InChI=1S/C13H19NO2/c1-13(14,8-5-9-15)11-16-10-12-6-3-2-4-7-12/h2-4,6-7,9H,5,8,10-11,14H2,1H3. The van der Waals surface area contributed by atoms with E-state index >= 15 is 0 Å². The van der Waals surface area contributed by atoms with E-state index in [0.29, 0.717) is 26.1 Å². The molecular formula is C13H19NO2. The Morgan fingerprint density at radius 2 is 2.06 bits per heavy atom. The van der Waals surface area contributed by atoms with E-state index in [1.54, 1.807) is 0 Å². The third-order valence-corrected chi connectivity index (χ3v) is 2.38. The van der Waals surface area contributed by atoms with Gasteiger partial charge in [0.1, 0.15) is 6.29 Å². The molecule has 0 heterocycles. The highest BCUT2D eigenvalue weighted by atomic mass is 16.5. The molecule has 0 aliphatic rings. The van der Waals surface area contributed by atoms with Crippen LogP contribution >= 0.6 is 0 Å². The third-order valence-electron chi connectivity index (χ3n) is 2.38. The van der Waals surface area contributed by atoms with Crippen LogP contribution in [-0.2, 0) is 16.1 Å². The van der Waals surface area contributed by atoms with E-state index in [9.17, 15) is 4.79 Å². The Bertz CT molecular complexity index is 309. The van der Waals surface area contributed by atoms with Gasteiger partial charge in [0.15, 0.2) is 0 Å². The van der Waals surface area contributed by atoms with E-state index in [2.05, 4.69) is 0 Å². The molecule has 1 atom stereocenters. The first-order valence-electron chi connectivity index (χ1n) is 5.48. The maximum atomic E-state index is 10.3.